The molecule has 108 valence electrons. The van der Waals surface area contributed by atoms with E-state index in [2.05, 4.69) is 4.98 Å². The summed E-state index contributed by atoms with van der Waals surface area (Å²) in [4.78, 5) is 4.38. The molecule has 0 aliphatic heterocycles. The van der Waals surface area contributed by atoms with E-state index in [-0.39, 0.29) is 0 Å². The van der Waals surface area contributed by atoms with Crippen molar-refractivity contribution in [2.24, 2.45) is 0 Å². The molecule has 0 aliphatic carbocycles. The lowest BCUT2D eigenvalue weighted by Crippen LogP contribution is -2.53. The zero-order valence-corrected chi connectivity index (χ0v) is 13.3. The molecule has 1 aromatic heterocycles. The van der Waals surface area contributed by atoms with Crippen LogP contribution in [0, 0.1) is 6.92 Å². The van der Waals surface area contributed by atoms with Crippen LogP contribution in [0.15, 0.2) is 18.2 Å². The fourth-order valence-corrected chi connectivity index (χ4v) is 2.58. The Hall–Kier alpha value is -0.945. The molecule has 0 radical (unpaired) electrons. The van der Waals surface area contributed by atoms with Gasteiger partial charge in [0.25, 0.3) is 0 Å². The van der Waals surface area contributed by atoms with Crippen molar-refractivity contribution in [2.75, 3.05) is 0 Å². The number of nitrogens with zero attached hydrogens (tertiary/aromatic N) is 1. The lowest BCUT2D eigenvalue weighted by atomic mass is 9.76. The Morgan fingerprint density at radius 3 is 2.50 bits per heavy atom. The second kappa shape index (κ2) is 5.11. The highest BCUT2D eigenvalue weighted by molar-refractivity contribution is 7.18. The molecule has 1 aromatic carbocycles. The van der Waals surface area contributed by atoms with Gasteiger partial charge < -0.3 is 14.8 Å². The molecule has 2 rings (SSSR count). The van der Waals surface area contributed by atoms with Crippen molar-refractivity contribution in [3.63, 3.8) is 0 Å². The molecular weight excluding hydrogens is 273 g/mol. The zero-order chi connectivity index (χ0) is 15.1. The summed E-state index contributed by atoms with van der Waals surface area (Å²) < 4.78 is 6.65. The van der Waals surface area contributed by atoms with Gasteiger partial charge in [-0.05, 0) is 52.2 Å². The van der Waals surface area contributed by atoms with E-state index >= 15 is 0 Å². The van der Waals surface area contributed by atoms with Crippen molar-refractivity contribution >= 4 is 34.1 Å². The van der Waals surface area contributed by atoms with Crippen LogP contribution >= 0.6 is 11.3 Å². The maximum Gasteiger partial charge on any atom is 0.491 e. The largest absolute Gasteiger partial charge is 0.491 e. The normalized spacial score (nSPS) is 12.9. The van der Waals surface area contributed by atoms with Gasteiger partial charge in [0.2, 0.25) is 0 Å². The van der Waals surface area contributed by atoms with E-state index in [4.69, 9.17) is 4.65 Å². The van der Waals surface area contributed by atoms with Crippen LogP contribution in [0.4, 0.5) is 0 Å². The number of benzene rings is 1. The first-order valence-corrected chi connectivity index (χ1v) is 7.37. The lowest BCUT2D eigenvalue weighted by Gasteiger charge is -2.38. The van der Waals surface area contributed by atoms with Gasteiger partial charge in [-0.15, -0.1) is 11.3 Å². The molecule has 0 saturated carbocycles. The molecule has 0 spiro atoms. The Bertz CT molecular complexity index is 618. The summed E-state index contributed by atoms with van der Waals surface area (Å²) in [6.07, 6.45) is 0. The standard InChI is InChI=1S/C14H20BNO3S/c1-9-16-11-7-6-10(8-12(11)20-9)15(18)19-14(4,5)13(2,3)17/h6-8,17-18H,1-5H3. The summed E-state index contributed by atoms with van der Waals surface area (Å²) in [5.74, 6) is 0. The predicted molar refractivity (Wildman–Crippen MR) is 83.4 cm³/mol. The summed E-state index contributed by atoms with van der Waals surface area (Å²) in [5.41, 5.74) is -0.340. The molecule has 0 unspecified atom stereocenters. The number of thiazole rings is 1. The van der Waals surface area contributed by atoms with Gasteiger partial charge in [-0.2, -0.15) is 0 Å². The van der Waals surface area contributed by atoms with Gasteiger partial charge in [0.15, 0.2) is 0 Å². The van der Waals surface area contributed by atoms with Crippen LogP contribution in [-0.4, -0.2) is 33.4 Å². The van der Waals surface area contributed by atoms with Crippen LogP contribution in [0.25, 0.3) is 10.2 Å². The van der Waals surface area contributed by atoms with Crippen LogP contribution in [0.2, 0.25) is 0 Å². The van der Waals surface area contributed by atoms with E-state index in [0.717, 1.165) is 15.2 Å². The molecule has 4 nitrogen and oxygen atoms in total. The van der Waals surface area contributed by atoms with Gasteiger partial charge in [-0.3, -0.25) is 0 Å². The average molecular weight is 293 g/mol. The molecule has 20 heavy (non-hydrogen) atoms. The number of aliphatic hydroxyl groups is 1. The smallest absolute Gasteiger partial charge is 0.423 e. The van der Waals surface area contributed by atoms with Gasteiger partial charge in [-0.1, -0.05) is 6.07 Å². The molecule has 0 bridgehead atoms. The van der Waals surface area contributed by atoms with Crippen LogP contribution in [0.3, 0.4) is 0 Å². The van der Waals surface area contributed by atoms with Gasteiger partial charge in [-0.25, -0.2) is 4.98 Å². The Labute approximate surface area is 123 Å². The molecule has 0 amide bonds. The van der Waals surface area contributed by atoms with E-state index < -0.39 is 18.3 Å². The highest BCUT2D eigenvalue weighted by Crippen LogP contribution is 2.26. The number of aromatic nitrogens is 1. The van der Waals surface area contributed by atoms with Crippen LogP contribution in [-0.2, 0) is 4.65 Å². The summed E-state index contributed by atoms with van der Waals surface area (Å²) in [5, 5.41) is 21.3. The summed E-state index contributed by atoms with van der Waals surface area (Å²) in [6.45, 7) is 8.79. The molecule has 0 fully saturated rings. The maximum atomic E-state index is 10.2. The van der Waals surface area contributed by atoms with Gasteiger partial charge in [0.1, 0.15) is 0 Å². The topological polar surface area (TPSA) is 62.6 Å². The first kappa shape index (κ1) is 15.4. The van der Waals surface area contributed by atoms with E-state index in [0.29, 0.717) is 5.46 Å². The lowest BCUT2D eigenvalue weighted by molar-refractivity contribution is -0.0982. The third-order valence-electron chi connectivity index (χ3n) is 3.68. The molecule has 2 aromatic rings. The average Bonchev–Trinajstić information content (AvgIpc) is 2.65. The molecule has 1 heterocycles. The molecule has 2 N–H and O–H groups in total. The SMILES string of the molecule is Cc1nc2ccc(B(O)OC(C)(C)C(C)(C)O)cc2s1. The van der Waals surface area contributed by atoms with Crippen LogP contribution < -0.4 is 5.46 Å². The van der Waals surface area contributed by atoms with Crippen molar-refractivity contribution in [3.8, 4) is 0 Å². The molecular formula is C14H20BNO3S. The molecule has 0 atom stereocenters. The fraction of sp³-hybridized carbons (Fsp3) is 0.500. The Kier molecular flexibility index (Phi) is 3.95. The van der Waals surface area contributed by atoms with Gasteiger partial charge in [0, 0.05) is 0 Å². The number of rotatable bonds is 4. The predicted octanol–water partition coefficient (Wildman–Crippen LogP) is 1.86. The van der Waals surface area contributed by atoms with Crippen molar-refractivity contribution in [1.82, 2.24) is 4.98 Å². The van der Waals surface area contributed by atoms with E-state index in [1.807, 2.05) is 19.1 Å². The van der Waals surface area contributed by atoms with Crippen LogP contribution in [0.1, 0.15) is 32.7 Å². The summed E-state index contributed by atoms with van der Waals surface area (Å²) in [6, 6.07) is 5.55. The van der Waals surface area contributed by atoms with Crippen molar-refractivity contribution in [2.45, 2.75) is 45.8 Å². The first-order chi connectivity index (χ1) is 9.10. The third kappa shape index (κ3) is 3.04. The highest BCUT2D eigenvalue weighted by atomic mass is 32.1. The minimum absolute atomic E-state index is 0.665. The summed E-state index contributed by atoms with van der Waals surface area (Å²) in [7, 11) is -1.08. The van der Waals surface area contributed by atoms with Crippen LogP contribution in [0.5, 0.6) is 0 Å². The van der Waals surface area contributed by atoms with Crippen molar-refractivity contribution in [1.29, 1.82) is 0 Å². The van der Waals surface area contributed by atoms with Gasteiger partial charge >= 0.3 is 7.12 Å². The second-order valence-electron chi connectivity index (χ2n) is 6.00. The number of fused-ring (bicyclic) bond motifs is 1. The third-order valence-corrected chi connectivity index (χ3v) is 4.62. The van der Waals surface area contributed by atoms with E-state index in [1.54, 1.807) is 45.1 Å². The molecule has 0 saturated heterocycles. The number of hydrogen-bond acceptors (Lipinski definition) is 5. The minimum Gasteiger partial charge on any atom is -0.423 e. The summed E-state index contributed by atoms with van der Waals surface area (Å²) >= 11 is 1.58. The highest BCUT2D eigenvalue weighted by Gasteiger charge is 2.39. The van der Waals surface area contributed by atoms with E-state index in [9.17, 15) is 10.1 Å². The minimum atomic E-state index is -1.08. The Morgan fingerprint density at radius 2 is 1.90 bits per heavy atom. The Balaban J connectivity index is 2.25. The molecule has 6 heteroatoms. The second-order valence-corrected chi connectivity index (χ2v) is 7.23. The fourth-order valence-electron chi connectivity index (χ4n) is 1.70. The van der Waals surface area contributed by atoms with Crippen molar-refractivity contribution < 1.29 is 14.8 Å². The number of aryl methyl sites for hydroxylation is 1. The van der Waals surface area contributed by atoms with Gasteiger partial charge in [0.05, 0.1) is 26.4 Å². The van der Waals surface area contributed by atoms with Crippen molar-refractivity contribution in [3.05, 3.63) is 23.2 Å². The Morgan fingerprint density at radius 1 is 1.25 bits per heavy atom. The zero-order valence-electron chi connectivity index (χ0n) is 12.5. The van der Waals surface area contributed by atoms with E-state index in [1.165, 1.54) is 0 Å². The molecule has 0 aliphatic rings. The quantitative estimate of drug-likeness (QED) is 0.845. The maximum absolute atomic E-state index is 10.2. The number of hydrogen-bond donors (Lipinski definition) is 2. The first-order valence-electron chi connectivity index (χ1n) is 6.55. The monoisotopic (exact) mass is 293 g/mol.